The zero-order valence-corrected chi connectivity index (χ0v) is 16.7. The van der Waals surface area contributed by atoms with Crippen molar-refractivity contribution in [3.63, 3.8) is 0 Å². The Bertz CT molecular complexity index is 1290. The van der Waals surface area contributed by atoms with Crippen molar-refractivity contribution in [2.45, 2.75) is 13.8 Å². The number of amidine groups is 2. The molecule has 0 bridgehead atoms. The highest BCUT2D eigenvalue weighted by molar-refractivity contribution is 8.25. The van der Waals surface area contributed by atoms with Gasteiger partial charge in [0.2, 0.25) is 0 Å². The summed E-state index contributed by atoms with van der Waals surface area (Å²) in [5.74, 6) is -0.356. The van der Waals surface area contributed by atoms with E-state index < -0.39 is 5.91 Å². The van der Waals surface area contributed by atoms with Crippen molar-refractivity contribution in [3.05, 3.63) is 71.1 Å². The fourth-order valence-corrected chi connectivity index (χ4v) is 4.41. The highest BCUT2D eigenvalue weighted by Gasteiger charge is 2.32. The Hall–Kier alpha value is -3.45. The van der Waals surface area contributed by atoms with E-state index in [1.54, 1.807) is 11.6 Å². The van der Waals surface area contributed by atoms with Gasteiger partial charge < -0.3 is 4.57 Å². The van der Waals surface area contributed by atoms with Crippen molar-refractivity contribution < 1.29 is 4.79 Å². The molecule has 3 aromatic rings. The third-order valence-electron chi connectivity index (χ3n) is 5.17. The summed E-state index contributed by atoms with van der Waals surface area (Å²) in [6, 6.07) is 16.6. The highest BCUT2D eigenvalue weighted by Crippen LogP contribution is 2.30. The van der Waals surface area contributed by atoms with Gasteiger partial charge in [-0.3, -0.25) is 10.2 Å². The minimum absolute atomic E-state index is 0.0520. The fourth-order valence-electron chi connectivity index (χ4n) is 3.80. The second-order valence-corrected chi connectivity index (χ2v) is 7.73. The number of nitrogens with one attached hydrogen (secondary N) is 1. The lowest BCUT2D eigenvalue weighted by molar-refractivity contribution is -0.114. The Morgan fingerprint density at radius 1 is 1.10 bits per heavy atom. The summed E-state index contributed by atoms with van der Waals surface area (Å²) >= 11 is 1.24. The van der Waals surface area contributed by atoms with Crippen LogP contribution < -0.4 is 0 Å². The van der Waals surface area contributed by atoms with E-state index in [9.17, 15) is 4.79 Å². The van der Waals surface area contributed by atoms with Crippen LogP contribution >= 0.6 is 11.8 Å². The smallest absolute Gasteiger partial charge is 0.283 e. The minimum atomic E-state index is -0.408. The lowest BCUT2D eigenvalue weighted by atomic mass is 10.1. The van der Waals surface area contributed by atoms with E-state index in [2.05, 4.69) is 38.9 Å². The molecule has 0 unspecified atom stereocenters. The van der Waals surface area contributed by atoms with Crippen LogP contribution in [0.5, 0.6) is 0 Å². The molecular formula is C22H17N5OS. The number of carbonyl (C=O) groups excluding carboxylic acids is 1. The number of fused-ring (bicyclic) bond motifs is 2. The number of carbonyl (C=O) groups is 1. The van der Waals surface area contributed by atoms with E-state index in [1.807, 2.05) is 38.1 Å². The molecule has 2 aromatic carbocycles. The summed E-state index contributed by atoms with van der Waals surface area (Å²) in [7, 11) is 0. The molecule has 29 heavy (non-hydrogen) atoms. The molecule has 5 rings (SSSR count). The van der Waals surface area contributed by atoms with Crippen molar-refractivity contribution in [2.24, 2.45) is 10.1 Å². The Labute approximate surface area is 171 Å². The van der Waals surface area contributed by atoms with Crippen LogP contribution in [0.2, 0.25) is 0 Å². The molecule has 0 atom stereocenters. The topological polar surface area (TPSA) is 73.8 Å². The molecule has 2 aliphatic rings. The SMILES string of the molecule is Cc1cc(C=C2C(=N)N3N=CSC3=NC2=O)c(C)n1-c1cccc2ccccc12. The molecule has 0 saturated heterocycles. The number of aromatic nitrogens is 1. The molecule has 1 N–H and O–H groups in total. The van der Waals surface area contributed by atoms with Gasteiger partial charge >= 0.3 is 0 Å². The van der Waals surface area contributed by atoms with Gasteiger partial charge in [0, 0.05) is 16.8 Å². The third kappa shape index (κ3) is 2.74. The average Bonchev–Trinajstić information content (AvgIpc) is 3.29. The van der Waals surface area contributed by atoms with Crippen molar-refractivity contribution in [1.82, 2.24) is 9.58 Å². The van der Waals surface area contributed by atoms with Gasteiger partial charge in [-0.05, 0) is 54.8 Å². The number of hydrazone groups is 1. The molecule has 142 valence electrons. The summed E-state index contributed by atoms with van der Waals surface area (Å²) in [5, 5.41) is 16.6. The van der Waals surface area contributed by atoms with Gasteiger partial charge in [-0.15, -0.1) is 0 Å². The van der Waals surface area contributed by atoms with E-state index in [1.165, 1.54) is 22.2 Å². The summed E-state index contributed by atoms with van der Waals surface area (Å²) in [5.41, 5.74) is 5.86. The summed E-state index contributed by atoms with van der Waals surface area (Å²) in [6.45, 7) is 4.07. The maximum Gasteiger partial charge on any atom is 0.283 e. The zero-order valence-electron chi connectivity index (χ0n) is 15.9. The maximum absolute atomic E-state index is 12.5. The first kappa shape index (κ1) is 17.6. The lowest BCUT2D eigenvalue weighted by Gasteiger charge is -2.20. The van der Waals surface area contributed by atoms with Crippen LogP contribution in [0.4, 0.5) is 0 Å². The Kier molecular flexibility index (Phi) is 3.99. The fraction of sp³-hybridized carbons (Fsp3) is 0.0909. The van der Waals surface area contributed by atoms with Gasteiger partial charge in [-0.25, -0.2) is 0 Å². The second-order valence-electron chi connectivity index (χ2n) is 6.92. The maximum atomic E-state index is 12.5. The van der Waals surface area contributed by atoms with Gasteiger partial charge in [0.25, 0.3) is 5.91 Å². The normalized spacial score (nSPS) is 17.4. The Morgan fingerprint density at radius 2 is 1.90 bits per heavy atom. The van der Waals surface area contributed by atoms with Crippen LogP contribution in [0.25, 0.3) is 22.5 Å². The third-order valence-corrected chi connectivity index (χ3v) is 5.85. The number of nitrogens with zero attached hydrogens (tertiary/aromatic N) is 4. The first-order chi connectivity index (χ1) is 14.0. The standard InChI is InChI=1S/C22H17N5OS/c1-13-10-16(11-18-20(23)27-22(25-21(18)28)29-12-24-27)14(2)26(13)19-9-5-7-15-6-3-4-8-17(15)19/h3-12,23H,1-2H3. The van der Waals surface area contributed by atoms with Gasteiger partial charge in [0.05, 0.1) is 16.8 Å². The van der Waals surface area contributed by atoms with Crippen molar-refractivity contribution in [3.8, 4) is 5.69 Å². The zero-order chi connectivity index (χ0) is 20.1. The second kappa shape index (κ2) is 6.56. The quantitative estimate of drug-likeness (QED) is 0.645. The van der Waals surface area contributed by atoms with Crippen molar-refractivity contribution in [1.29, 1.82) is 5.41 Å². The molecule has 2 aliphatic heterocycles. The first-order valence-corrected chi connectivity index (χ1v) is 10.0. The molecule has 7 heteroatoms. The van der Waals surface area contributed by atoms with Gasteiger partial charge in [0.1, 0.15) is 0 Å². The number of rotatable bonds is 2. The largest absolute Gasteiger partial charge is 0.317 e. The molecule has 0 aliphatic carbocycles. The van der Waals surface area contributed by atoms with E-state index in [0.29, 0.717) is 5.17 Å². The average molecular weight is 399 g/mol. The van der Waals surface area contributed by atoms with Gasteiger partial charge in [-0.2, -0.15) is 15.1 Å². The van der Waals surface area contributed by atoms with Crippen LogP contribution in [0.1, 0.15) is 17.0 Å². The van der Waals surface area contributed by atoms with Crippen molar-refractivity contribution in [2.75, 3.05) is 0 Å². The first-order valence-electron chi connectivity index (χ1n) is 9.14. The van der Waals surface area contributed by atoms with Crippen LogP contribution in [-0.4, -0.2) is 32.0 Å². The molecule has 0 radical (unpaired) electrons. The molecule has 6 nitrogen and oxygen atoms in total. The number of benzene rings is 2. The molecule has 1 aromatic heterocycles. The summed E-state index contributed by atoms with van der Waals surface area (Å²) in [6.07, 6.45) is 1.74. The van der Waals surface area contributed by atoms with E-state index in [0.717, 1.165) is 28.0 Å². The number of thioether (sulfide) groups is 1. The monoisotopic (exact) mass is 399 g/mol. The number of hydrogen-bond donors (Lipinski definition) is 1. The minimum Gasteiger partial charge on any atom is -0.317 e. The molecular weight excluding hydrogens is 382 g/mol. The number of hydrogen-bond acceptors (Lipinski definition) is 4. The summed E-state index contributed by atoms with van der Waals surface area (Å²) < 4.78 is 2.18. The Balaban J connectivity index is 1.64. The number of aryl methyl sites for hydroxylation is 1. The number of aliphatic imine (C=N–C) groups is 1. The van der Waals surface area contributed by atoms with Gasteiger partial charge in [-0.1, -0.05) is 36.4 Å². The van der Waals surface area contributed by atoms with E-state index in [-0.39, 0.29) is 11.4 Å². The van der Waals surface area contributed by atoms with Gasteiger partial charge in [0.15, 0.2) is 11.0 Å². The highest BCUT2D eigenvalue weighted by atomic mass is 32.2. The summed E-state index contributed by atoms with van der Waals surface area (Å²) in [4.78, 5) is 16.6. The molecule has 3 heterocycles. The molecule has 0 saturated carbocycles. The predicted octanol–water partition coefficient (Wildman–Crippen LogP) is 4.50. The molecule has 0 spiro atoms. The number of amides is 1. The Morgan fingerprint density at radius 3 is 2.76 bits per heavy atom. The van der Waals surface area contributed by atoms with Crippen LogP contribution in [0.3, 0.4) is 0 Å². The molecule has 0 fully saturated rings. The van der Waals surface area contributed by atoms with Crippen LogP contribution in [-0.2, 0) is 4.79 Å². The van der Waals surface area contributed by atoms with E-state index >= 15 is 0 Å². The molecule has 1 amide bonds. The predicted molar refractivity (Wildman–Crippen MR) is 119 cm³/mol. The van der Waals surface area contributed by atoms with Crippen LogP contribution in [0, 0.1) is 19.3 Å². The lowest BCUT2D eigenvalue weighted by Crippen LogP contribution is -2.35. The van der Waals surface area contributed by atoms with Crippen LogP contribution in [0.15, 0.2) is 64.2 Å². The van der Waals surface area contributed by atoms with Crippen molar-refractivity contribution >= 4 is 51.1 Å². The van der Waals surface area contributed by atoms with E-state index in [4.69, 9.17) is 5.41 Å².